The van der Waals surface area contributed by atoms with Crippen LogP contribution >= 0.6 is 24.8 Å². The molecule has 2 unspecified atom stereocenters. The topological polar surface area (TPSA) is 88.3 Å². The maximum atomic E-state index is 12.2. The third-order valence-corrected chi connectivity index (χ3v) is 4.45. The van der Waals surface area contributed by atoms with E-state index in [1.807, 2.05) is 18.2 Å². The Morgan fingerprint density at radius 1 is 1.31 bits per heavy atom. The lowest BCUT2D eigenvalue weighted by Gasteiger charge is -2.23. The van der Waals surface area contributed by atoms with Crippen LogP contribution in [0.3, 0.4) is 0 Å². The van der Waals surface area contributed by atoms with E-state index in [1.165, 1.54) is 0 Å². The molecule has 0 radical (unpaired) electrons. The minimum absolute atomic E-state index is 0. The monoisotopic (exact) mass is 402 g/mol. The molecule has 2 aliphatic heterocycles. The SMILES string of the molecule is Cl.Cl.O=C(CC1COCCN1)Nc1ccc2nc(C3CCCO3)[nH]c2c1. The van der Waals surface area contributed by atoms with Gasteiger partial charge in [-0.15, -0.1) is 24.8 Å². The zero-order valence-electron chi connectivity index (χ0n) is 14.3. The normalized spacial score (nSPS) is 22.5. The summed E-state index contributed by atoms with van der Waals surface area (Å²) in [6.45, 7) is 2.88. The number of rotatable bonds is 4. The number of ether oxygens (including phenoxy) is 2. The first-order valence-corrected chi connectivity index (χ1v) is 8.50. The Hall–Kier alpha value is -1.38. The van der Waals surface area contributed by atoms with Gasteiger partial charge in [0.15, 0.2) is 0 Å². The molecule has 3 heterocycles. The molecule has 0 saturated carbocycles. The Balaban J connectivity index is 0.00000121. The molecule has 0 bridgehead atoms. The summed E-state index contributed by atoms with van der Waals surface area (Å²) in [5.41, 5.74) is 2.57. The number of anilines is 1. The second-order valence-electron chi connectivity index (χ2n) is 6.33. The first-order valence-electron chi connectivity index (χ1n) is 8.50. The van der Waals surface area contributed by atoms with E-state index in [-0.39, 0.29) is 42.9 Å². The Morgan fingerprint density at radius 3 is 2.92 bits per heavy atom. The van der Waals surface area contributed by atoms with E-state index in [0.717, 1.165) is 48.5 Å². The van der Waals surface area contributed by atoms with Gasteiger partial charge in [0, 0.05) is 31.3 Å². The highest BCUT2D eigenvalue weighted by Gasteiger charge is 2.21. The molecular formula is C17H24Cl2N4O3. The highest BCUT2D eigenvalue weighted by atomic mass is 35.5. The Bertz CT molecular complexity index is 728. The molecule has 2 saturated heterocycles. The molecule has 0 spiro atoms. The van der Waals surface area contributed by atoms with Crippen molar-refractivity contribution in [3.8, 4) is 0 Å². The molecule has 1 aromatic heterocycles. The fourth-order valence-electron chi connectivity index (χ4n) is 3.24. The number of imidazole rings is 1. The summed E-state index contributed by atoms with van der Waals surface area (Å²) in [6.07, 6.45) is 2.54. The number of fused-ring (bicyclic) bond motifs is 1. The van der Waals surface area contributed by atoms with Crippen LogP contribution in [0.5, 0.6) is 0 Å². The van der Waals surface area contributed by atoms with Gasteiger partial charge in [-0.25, -0.2) is 4.98 Å². The average molecular weight is 403 g/mol. The van der Waals surface area contributed by atoms with Crippen LogP contribution in [0.1, 0.15) is 31.2 Å². The third kappa shape index (κ3) is 4.86. The first kappa shape index (κ1) is 20.9. The Labute approximate surface area is 164 Å². The van der Waals surface area contributed by atoms with Gasteiger partial charge >= 0.3 is 0 Å². The molecule has 2 aliphatic rings. The lowest BCUT2D eigenvalue weighted by atomic mass is 10.2. The number of carbonyl (C=O) groups excluding carboxylic acids is 1. The molecule has 2 atom stereocenters. The van der Waals surface area contributed by atoms with Crippen molar-refractivity contribution in [1.29, 1.82) is 0 Å². The van der Waals surface area contributed by atoms with Crippen molar-refractivity contribution in [3.63, 3.8) is 0 Å². The van der Waals surface area contributed by atoms with Crippen molar-refractivity contribution in [2.24, 2.45) is 0 Å². The van der Waals surface area contributed by atoms with Crippen molar-refractivity contribution in [1.82, 2.24) is 15.3 Å². The summed E-state index contributed by atoms with van der Waals surface area (Å²) in [7, 11) is 0. The van der Waals surface area contributed by atoms with Gasteiger partial charge in [-0.2, -0.15) is 0 Å². The smallest absolute Gasteiger partial charge is 0.226 e. The number of aromatic amines is 1. The van der Waals surface area contributed by atoms with E-state index in [1.54, 1.807) is 0 Å². The standard InChI is InChI=1S/C17H22N4O3.2ClH/c22-16(9-12-10-23-7-5-18-12)19-11-3-4-13-14(8-11)21-17(20-13)15-2-1-6-24-15;;/h3-4,8,12,15,18H,1-2,5-7,9-10H2,(H,19,22)(H,20,21);2*1H. The van der Waals surface area contributed by atoms with E-state index in [0.29, 0.717) is 19.6 Å². The van der Waals surface area contributed by atoms with Crippen LogP contribution in [0, 0.1) is 0 Å². The van der Waals surface area contributed by atoms with Crippen LogP contribution in [0.15, 0.2) is 18.2 Å². The number of H-pyrrole nitrogens is 1. The molecule has 2 aromatic rings. The lowest BCUT2D eigenvalue weighted by molar-refractivity contribution is -0.117. The molecule has 2 fully saturated rings. The molecule has 1 amide bonds. The molecule has 144 valence electrons. The van der Waals surface area contributed by atoms with Crippen LogP contribution in [-0.4, -0.2) is 48.3 Å². The van der Waals surface area contributed by atoms with Gasteiger partial charge in [0.05, 0.1) is 24.2 Å². The van der Waals surface area contributed by atoms with E-state index in [9.17, 15) is 4.79 Å². The number of hydrogen-bond acceptors (Lipinski definition) is 5. The largest absolute Gasteiger partial charge is 0.378 e. The summed E-state index contributed by atoms with van der Waals surface area (Å²) < 4.78 is 11.0. The summed E-state index contributed by atoms with van der Waals surface area (Å²) in [4.78, 5) is 20.1. The summed E-state index contributed by atoms with van der Waals surface area (Å²) in [5.74, 6) is 0.853. The predicted octanol–water partition coefficient (Wildman–Crippen LogP) is 2.58. The molecular weight excluding hydrogens is 379 g/mol. The fourth-order valence-corrected chi connectivity index (χ4v) is 3.24. The molecule has 3 N–H and O–H groups in total. The number of aromatic nitrogens is 2. The van der Waals surface area contributed by atoms with Crippen molar-refractivity contribution in [2.75, 3.05) is 31.7 Å². The van der Waals surface area contributed by atoms with Gasteiger partial charge in [0.2, 0.25) is 5.91 Å². The van der Waals surface area contributed by atoms with E-state index < -0.39 is 0 Å². The molecule has 9 heteroatoms. The Kier molecular flexibility index (Phi) is 7.67. The van der Waals surface area contributed by atoms with E-state index in [4.69, 9.17) is 9.47 Å². The number of halogens is 2. The molecule has 1 aromatic carbocycles. The zero-order valence-corrected chi connectivity index (χ0v) is 16.0. The Morgan fingerprint density at radius 2 is 2.19 bits per heavy atom. The van der Waals surface area contributed by atoms with Crippen LogP contribution in [0.25, 0.3) is 11.0 Å². The number of carbonyl (C=O) groups is 1. The van der Waals surface area contributed by atoms with Gasteiger partial charge in [0.1, 0.15) is 11.9 Å². The number of nitrogens with zero attached hydrogens (tertiary/aromatic N) is 1. The molecule has 4 rings (SSSR count). The highest BCUT2D eigenvalue weighted by Crippen LogP contribution is 2.28. The number of amides is 1. The van der Waals surface area contributed by atoms with Crippen molar-refractivity contribution in [3.05, 3.63) is 24.0 Å². The number of benzene rings is 1. The summed E-state index contributed by atoms with van der Waals surface area (Å²) in [6, 6.07) is 5.80. The van der Waals surface area contributed by atoms with Gasteiger partial charge in [-0.05, 0) is 31.0 Å². The van der Waals surface area contributed by atoms with Gasteiger partial charge in [-0.3, -0.25) is 4.79 Å². The van der Waals surface area contributed by atoms with E-state index >= 15 is 0 Å². The number of hydrogen-bond donors (Lipinski definition) is 3. The molecule has 0 aliphatic carbocycles. The van der Waals surface area contributed by atoms with Gasteiger partial charge in [0.25, 0.3) is 0 Å². The molecule has 7 nitrogen and oxygen atoms in total. The predicted molar refractivity (Wildman–Crippen MR) is 104 cm³/mol. The van der Waals surface area contributed by atoms with Crippen molar-refractivity contribution in [2.45, 2.75) is 31.4 Å². The van der Waals surface area contributed by atoms with Crippen LogP contribution in [0.4, 0.5) is 5.69 Å². The van der Waals surface area contributed by atoms with Crippen LogP contribution in [0.2, 0.25) is 0 Å². The first-order chi connectivity index (χ1) is 11.8. The highest BCUT2D eigenvalue weighted by molar-refractivity contribution is 5.93. The number of nitrogens with one attached hydrogen (secondary N) is 3. The van der Waals surface area contributed by atoms with Gasteiger partial charge < -0.3 is 25.1 Å². The maximum Gasteiger partial charge on any atom is 0.226 e. The van der Waals surface area contributed by atoms with Crippen molar-refractivity contribution < 1.29 is 14.3 Å². The second-order valence-corrected chi connectivity index (χ2v) is 6.33. The fraction of sp³-hybridized carbons (Fsp3) is 0.529. The zero-order chi connectivity index (χ0) is 16.4. The second kappa shape index (κ2) is 9.53. The van der Waals surface area contributed by atoms with Crippen LogP contribution in [-0.2, 0) is 14.3 Å². The quantitative estimate of drug-likeness (QED) is 0.731. The van der Waals surface area contributed by atoms with E-state index in [2.05, 4.69) is 20.6 Å². The summed E-state index contributed by atoms with van der Waals surface area (Å²) in [5, 5.41) is 6.23. The average Bonchev–Trinajstić information content (AvgIpc) is 3.24. The minimum atomic E-state index is -0.0174. The number of morpholine rings is 1. The maximum absolute atomic E-state index is 12.2. The molecule has 26 heavy (non-hydrogen) atoms. The summed E-state index contributed by atoms with van der Waals surface area (Å²) >= 11 is 0. The lowest BCUT2D eigenvalue weighted by Crippen LogP contribution is -2.43. The van der Waals surface area contributed by atoms with Crippen LogP contribution < -0.4 is 10.6 Å². The minimum Gasteiger partial charge on any atom is -0.378 e. The van der Waals surface area contributed by atoms with Gasteiger partial charge in [-0.1, -0.05) is 0 Å². The van der Waals surface area contributed by atoms with Crippen molar-refractivity contribution >= 4 is 47.4 Å². The third-order valence-electron chi connectivity index (χ3n) is 4.45.